The maximum atomic E-state index is 12.8. The van der Waals surface area contributed by atoms with E-state index in [4.69, 9.17) is 5.73 Å². The molecule has 2 N–H and O–H groups in total. The summed E-state index contributed by atoms with van der Waals surface area (Å²) in [6, 6.07) is 6.00. The fourth-order valence-electron chi connectivity index (χ4n) is 3.27. The maximum absolute atomic E-state index is 12.8. The van der Waals surface area contributed by atoms with Gasteiger partial charge in [-0.05, 0) is 65.7 Å². The van der Waals surface area contributed by atoms with Crippen LogP contribution in [-0.4, -0.2) is 23.4 Å². The first kappa shape index (κ1) is 14.9. The molecule has 2 fully saturated rings. The molecule has 0 aliphatic heterocycles. The molecular formula is C17H23BrN2O. The van der Waals surface area contributed by atoms with Gasteiger partial charge < -0.3 is 10.6 Å². The first-order valence-electron chi connectivity index (χ1n) is 8.01. The van der Waals surface area contributed by atoms with E-state index in [1.165, 1.54) is 32.1 Å². The second-order valence-corrected chi connectivity index (χ2v) is 7.28. The lowest BCUT2D eigenvalue weighted by Gasteiger charge is -2.30. The van der Waals surface area contributed by atoms with Gasteiger partial charge in [0.25, 0.3) is 5.91 Å². The number of hydrogen-bond acceptors (Lipinski definition) is 2. The molecule has 0 atom stereocenters. The molecule has 2 saturated carbocycles. The Hall–Kier alpha value is -1.03. The van der Waals surface area contributed by atoms with Crippen LogP contribution in [0.25, 0.3) is 0 Å². The summed E-state index contributed by atoms with van der Waals surface area (Å²) in [5.41, 5.74) is 7.27. The molecule has 0 spiro atoms. The third-order valence-corrected chi connectivity index (χ3v) is 5.39. The zero-order valence-corrected chi connectivity index (χ0v) is 13.9. The quantitative estimate of drug-likeness (QED) is 0.826. The first-order chi connectivity index (χ1) is 10.1. The average molecular weight is 351 g/mol. The summed E-state index contributed by atoms with van der Waals surface area (Å²) in [4.78, 5) is 14.9. The van der Waals surface area contributed by atoms with Crippen molar-refractivity contribution in [3.05, 3.63) is 28.2 Å². The molecule has 0 radical (unpaired) electrons. The second kappa shape index (κ2) is 6.39. The maximum Gasteiger partial charge on any atom is 0.254 e. The van der Waals surface area contributed by atoms with Crippen molar-refractivity contribution in [1.29, 1.82) is 0 Å². The molecule has 3 rings (SSSR count). The molecule has 0 saturated heterocycles. The van der Waals surface area contributed by atoms with Crippen molar-refractivity contribution in [3.8, 4) is 0 Å². The Morgan fingerprint density at radius 2 is 1.90 bits per heavy atom. The number of carbonyl (C=O) groups is 1. The lowest BCUT2D eigenvalue weighted by Crippen LogP contribution is -2.37. The molecule has 4 heteroatoms. The van der Waals surface area contributed by atoms with Crippen molar-refractivity contribution in [2.45, 2.75) is 51.0 Å². The number of hydrogen-bond donors (Lipinski definition) is 1. The average Bonchev–Trinajstić information content (AvgIpc) is 3.33. The largest absolute Gasteiger partial charge is 0.398 e. The van der Waals surface area contributed by atoms with Crippen LogP contribution in [0.4, 0.5) is 5.69 Å². The van der Waals surface area contributed by atoms with Crippen LogP contribution in [0.3, 0.4) is 0 Å². The molecule has 0 bridgehead atoms. The lowest BCUT2D eigenvalue weighted by atomic mass is 9.88. The van der Waals surface area contributed by atoms with E-state index in [-0.39, 0.29) is 5.91 Å². The van der Waals surface area contributed by atoms with Crippen molar-refractivity contribution in [2.24, 2.45) is 5.92 Å². The molecule has 114 valence electrons. The Kier molecular flexibility index (Phi) is 4.53. The lowest BCUT2D eigenvalue weighted by molar-refractivity contribution is 0.0699. The van der Waals surface area contributed by atoms with E-state index in [0.717, 1.165) is 29.4 Å². The predicted molar refractivity (Wildman–Crippen MR) is 89.2 cm³/mol. The molecule has 2 aliphatic rings. The highest BCUT2D eigenvalue weighted by atomic mass is 79.9. The molecule has 0 aromatic heterocycles. The zero-order valence-electron chi connectivity index (χ0n) is 12.4. The van der Waals surface area contributed by atoms with Gasteiger partial charge in [0.15, 0.2) is 0 Å². The Bertz CT molecular complexity index is 522. The van der Waals surface area contributed by atoms with Crippen LogP contribution in [0.1, 0.15) is 55.3 Å². The van der Waals surface area contributed by atoms with Crippen molar-refractivity contribution in [2.75, 3.05) is 12.3 Å². The summed E-state index contributed by atoms with van der Waals surface area (Å²) >= 11 is 3.39. The summed E-state index contributed by atoms with van der Waals surface area (Å²) in [6.07, 6.45) is 8.87. The fraction of sp³-hybridized carbons (Fsp3) is 0.588. The topological polar surface area (TPSA) is 46.3 Å². The van der Waals surface area contributed by atoms with Crippen molar-refractivity contribution >= 4 is 27.5 Å². The minimum absolute atomic E-state index is 0.155. The number of rotatable bonds is 4. The molecule has 1 aromatic carbocycles. The highest BCUT2D eigenvalue weighted by Crippen LogP contribution is 2.33. The van der Waals surface area contributed by atoms with Gasteiger partial charge >= 0.3 is 0 Å². The van der Waals surface area contributed by atoms with Gasteiger partial charge in [-0.2, -0.15) is 0 Å². The Balaban J connectivity index is 1.73. The molecule has 21 heavy (non-hydrogen) atoms. The first-order valence-corrected chi connectivity index (χ1v) is 8.80. The van der Waals surface area contributed by atoms with Crippen LogP contribution in [0.2, 0.25) is 0 Å². The normalized spacial score (nSPS) is 19.5. The SMILES string of the molecule is Nc1cc(C(=O)N(CC2CCCCC2)C2CC2)ccc1Br. The number of halogens is 1. The fourth-order valence-corrected chi connectivity index (χ4v) is 3.52. The number of anilines is 1. The highest BCUT2D eigenvalue weighted by Gasteiger charge is 2.34. The van der Waals surface area contributed by atoms with Crippen LogP contribution in [-0.2, 0) is 0 Å². The van der Waals surface area contributed by atoms with Gasteiger partial charge in [-0.3, -0.25) is 4.79 Å². The van der Waals surface area contributed by atoms with Crippen LogP contribution < -0.4 is 5.73 Å². The number of nitrogens with two attached hydrogens (primary N) is 1. The highest BCUT2D eigenvalue weighted by molar-refractivity contribution is 9.10. The monoisotopic (exact) mass is 350 g/mol. The van der Waals surface area contributed by atoms with Crippen LogP contribution in [0, 0.1) is 5.92 Å². The Labute approximate surface area is 135 Å². The van der Waals surface area contributed by atoms with Gasteiger partial charge in [0.05, 0.1) is 0 Å². The van der Waals surface area contributed by atoms with E-state index in [1.54, 1.807) is 6.07 Å². The van der Waals surface area contributed by atoms with E-state index < -0.39 is 0 Å². The van der Waals surface area contributed by atoms with Crippen molar-refractivity contribution < 1.29 is 4.79 Å². The van der Waals surface area contributed by atoms with E-state index in [0.29, 0.717) is 17.6 Å². The van der Waals surface area contributed by atoms with Crippen LogP contribution in [0.5, 0.6) is 0 Å². The van der Waals surface area contributed by atoms with E-state index in [9.17, 15) is 4.79 Å². The molecule has 1 aromatic rings. The zero-order chi connectivity index (χ0) is 14.8. The minimum atomic E-state index is 0.155. The molecule has 0 heterocycles. The summed E-state index contributed by atoms with van der Waals surface area (Å²) < 4.78 is 0.851. The van der Waals surface area contributed by atoms with Gasteiger partial charge in [-0.1, -0.05) is 19.3 Å². The molecule has 1 amide bonds. The second-order valence-electron chi connectivity index (χ2n) is 6.43. The smallest absolute Gasteiger partial charge is 0.254 e. The van der Waals surface area contributed by atoms with Crippen molar-refractivity contribution in [3.63, 3.8) is 0 Å². The van der Waals surface area contributed by atoms with Gasteiger partial charge in [-0.15, -0.1) is 0 Å². The summed E-state index contributed by atoms with van der Waals surface area (Å²) in [6.45, 7) is 0.930. The third-order valence-electron chi connectivity index (χ3n) is 4.67. The minimum Gasteiger partial charge on any atom is -0.398 e. The van der Waals surface area contributed by atoms with Crippen molar-refractivity contribution in [1.82, 2.24) is 4.90 Å². The van der Waals surface area contributed by atoms with Gasteiger partial charge in [-0.25, -0.2) is 0 Å². The van der Waals surface area contributed by atoms with E-state index in [1.807, 2.05) is 12.1 Å². The number of amides is 1. The third kappa shape index (κ3) is 3.60. The predicted octanol–water partition coefficient (Wildman–Crippen LogP) is 4.22. The number of nitrogens with zero attached hydrogens (tertiary/aromatic N) is 1. The van der Waals surface area contributed by atoms with E-state index >= 15 is 0 Å². The molecule has 2 aliphatic carbocycles. The van der Waals surface area contributed by atoms with Gasteiger partial charge in [0, 0.05) is 28.3 Å². The number of benzene rings is 1. The van der Waals surface area contributed by atoms with E-state index in [2.05, 4.69) is 20.8 Å². The molecule has 3 nitrogen and oxygen atoms in total. The van der Waals surface area contributed by atoms with Crippen LogP contribution >= 0.6 is 15.9 Å². The summed E-state index contributed by atoms with van der Waals surface area (Å²) in [5.74, 6) is 0.846. The number of nitrogen functional groups attached to an aromatic ring is 1. The van der Waals surface area contributed by atoms with Gasteiger partial charge in [0.2, 0.25) is 0 Å². The molecular weight excluding hydrogens is 328 g/mol. The van der Waals surface area contributed by atoms with Gasteiger partial charge in [0.1, 0.15) is 0 Å². The standard InChI is InChI=1S/C17H23BrN2O/c18-15-9-6-13(10-16(15)19)17(21)20(14-7-8-14)11-12-4-2-1-3-5-12/h6,9-10,12,14H,1-5,7-8,11,19H2. The molecule has 0 unspecified atom stereocenters. The Morgan fingerprint density at radius 1 is 1.19 bits per heavy atom. The summed E-state index contributed by atoms with van der Waals surface area (Å²) in [7, 11) is 0. The summed E-state index contributed by atoms with van der Waals surface area (Å²) in [5, 5.41) is 0. The van der Waals surface area contributed by atoms with Crippen LogP contribution in [0.15, 0.2) is 22.7 Å². The Morgan fingerprint density at radius 3 is 2.52 bits per heavy atom. The number of carbonyl (C=O) groups excluding carboxylic acids is 1.